The van der Waals surface area contributed by atoms with Gasteiger partial charge in [-0.2, -0.15) is 13.2 Å². The van der Waals surface area contributed by atoms with E-state index in [1.54, 1.807) is 12.1 Å². The number of carbonyl (C=O) groups excluding carboxylic acids is 1. The van der Waals surface area contributed by atoms with Crippen LogP contribution in [0.1, 0.15) is 23.3 Å². The van der Waals surface area contributed by atoms with Crippen molar-refractivity contribution in [3.05, 3.63) is 29.6 Å². The molecule has 1 N–H and O–H groups in total. The second kappa shape index (κ2) is 5.64. The molecule has 3 heterocycles. The van der Waals surface area contributed by atoms with Crippen LogP contribution >= 0.6 is 11.3 Å². The zero-order valence-electron chi connectivity index (χ0n) is 11.8. The van der Waals surface area contributed by atoms with Gasteiger partial charge >= 0.3 is 6.18 Å². The van der Waals surface area contributed by atoms with Crippen molar-refractivity contribution in [3.8, 4) is 10.6 Å². The Hall–Kier alpha value is -1.87. The maximum atomic E-state index is 12.8. The van der Waals surface area contributed by atoms with Crippen LogP contribution < -0.4 is 0 Å². The summed E-state index contributed by atoms with van der Waals surface area (Å²) in [7, 11) is 0. The second-order valence-corrected chi connectivity index (χ2v) is 6.28. The molecule has 0 aliphatic carbocycles. The number of alkyl halides is 3. The largest absolute Gasteiger partial charge is 0.442 e. The maximum Gasteiger partial charge on any atom is 0.417 e. The van der Waals surface area contributed by atoms with Crippen molar-refractivity contribution in [2.45, 2.75) is 24.6 Å². The van der Waals surface area contributed by atoms with E-state index >= 15 is 0 Å². The van der Waals surface area contributed by atoms with Gasteiger partial charge in [0.15, 0.2) is 23.4 Å². The van der Waals surface area contributed by atoms with Gasteiger partial charge in [0, 0.05) is 25.9 Å². The van der Waals surface area contributed by atoms with Gasteiger partial charge in [0.2, 0.25) is 0 Å². The molecule has 2 aromatic heterocycles. The van der Waals surface area contributed by atoms with Crippen LogP contribution in [0.5, 0.6) is 0 Å². The number of rotatable bonds is 2. The summed E-state index contributed by atoms with van der Waals surface area (Å²) in [6.07, 6.45) is -4.65. The number of amides is 1. The van der Waals surface area contributed by atoms with Gasteiger partial charge in [-0.1, -0.05) is 6.07 Å². The lowest BCUT2D eigenvalue weighted by Crippen LogP contribution is -2.54. The van der Waals surface area contributed by atoms with Crippen LogP contribution in [-0.4, -0.2) is 45.8 Å². The van der Waals surface area contributed by atoms with Crippen molar-refractivity contribution in [1.29, 1.82) is 0 Å². The zero-order chi connectivity index (χ0) is 16.7. The SMILES string of the molecule is O=C(c1ncoc1-c1cccs1)N1CCC(O)(C(F)(F)F)CC1. The number of likely N-dealkylation sites (tertiary alicyclic amines) is 1. The Kier molecular flexibility index (Phi) is 3.93. The number of hydrogen-bond acceptors (Lipinski definition) is 5. The molecule has 5 nitrogen and oxygen atoms in total. The summed E-state index contributed by atoms with van der Waals surface area (Å²) < 4.78 is 43.6. The molecule has 9 heteroatoms. The predicted octanol–water partition coefficient (Wildman–Crippen LogP) is 2.93. The number of carbonyl (C=O) groups is 1. The minimum Gasteiger partial charge on any atom is -0.442 e. The second-order valence-electron chi connectivity index (χ2n) is 5.33. The van der Waals surface area contributed by atoms with Gasteiger partial charge in [-0.3, -0.25) is 4.79 Å². The van der Waals surface area contributed by atoms with Crippen LogP contribution in [0.2, 0.25) is 0 Å². The summed E-state index contributed by atoms with van der Waals surface area (Å²) in [6, 6.07) is 3.56. The lowest BCUT2D eigenvalue weighted by atomic mass is 9.90. The predicted molar refractivity (Wildman–Crippen MR) is 76.0 cm³/mol. The highest BCUT2D eigenvalue weighted by atomic mass is 32.1. The Balaban J connectivity index is 1.76. The maximum absolute atomic E-state index is 12.8. The van der Waals surface area contributed by atoms with Crippen LogP contribution in [-0.2, 0) is 0 Å². The standard InChI is InChI=1S/C14H13F3N2O3S/c15-14(16,17)13(21)3-5-19(6-4-13)12(20)10-11(22-8-18-10)9-2-1-7-23-9/h1-2,7-8,21H,3-6H2. The fourth-order valence-corrected chi connectivity index (χ4v) is 3.21. The molecule has 1 amide bonds. The summed E-state index contributed by atoms with van der Waals surface area (Å²) in [5, 5.41) is 11.5. The number of thiophene rings is 1. The third-order valence-electron chi connectivity index (χ3n) is 3.92. The van der Waals surface area contributed by atoms with E-state index in [2.05, 4.69) is 4.98 Å². The van der Waals surface area contributed by atoms with Crippen molar-refractivity contribution in [2.75, 3.05) is 13.1 Å². The van der Waals surface area contributed by atoms with Crippen molar-refractivity contribution < 1.29 is 27.5 Å². The average molecular weight is 346 g/mol. The molecule has 0 unspecified atom stereocenters. The molecule has 3 rings (SSSR count). The summed E-state index contributed by atoms with van der Waals surface area (Å²) in [5.74, 6) is -0.187. The third kappa shape index (κ3) is 2.86. The Labute approximate surface area is 133 Å². The van der Waals surface area contributed by atoms with Gasteiger partial charge in [0.1, 0.15) is 0 Å². The molecule has 23 heavy (non-hydrogen) atoms. The molecule has 0 saturated carbocycles. The number of nitrogens with zero attached hydrogens (tertiary/aromatic N) is 2. The Morgan fingerprint density at radius 3 is 2.65 bits per heavy atom. The van der Waals surface area contributed by atoms with Crippen molar-refractivity contribution in [3.63, 3.8) is 0 Å². The highest BCUT2D eigenvalue weighted by Gasteiger charge is 2.55. The first-order chi connectivity index (χ1) is 10.8. The topological polar surface area (TPSA) is 66.6 Å². The minimum absolute atomic E-state index is 0.0740. The molecule has 0 atom stereocenters. The highest BCUT2D eigenvalue weighted by Crippen LogP contribution is 2.39. The van der Waals surface area contributed by atoms with E-state index in [-0.39, 0.29) is 18.8 Å². The Morgan fingerprint density at radius 2 is 2.09 bits per heavy atom. The van der Waals surface area contributed by atoms with Gasteiger partial charge in [0.05, 0.1) is 4.88 Å². The lowest BCUT2D eigenvalue weighted by molar-refractivity contribution is -0.271. The number of oxazole rings is 1. The molecule has 0 bridgehead atoms. The normalized spacial score (nSPS) is 18.2. The first-order valence-corrected chi connectivity index (χ1v) is 7.75. The fraction of sp³-hybridized carbons (Fsp3) is 0.429. The monoisotopic (exact) mass is 346 g/mol. The van der Waals surface area contributed by atoms with Gasteiger partial charge in [0.25, 0.3) is 5.91 Å². The van der Waals surface area contributed by atoms with Crippen molar-refractivity contribution >= 4 is 17.2 Å². The molecule has 1 saturated heterocycles. The number of hydrogen-bond donors (Lipinski definition) is 1. The number of aromatic nitrogens is 1. The van der Waals surface area contributed by atoms with Crippen LogP contribution in [0.15, 0.2) is 28.3 Å². The molecular weight excluding hydrogens is 333 g/mol. The molecule has 0 aromatic carbocycles. The van der Waals surface area contributed by atoms with E-state index in [4.69, 9.17) is 4.42 Å². The van der Waals surface area contributed by atoms with E-state index in [0.717, 1.165) is 11.3 Å². The van der Waals surface area contributed by atoms with Crippen molar-refractivity contribution in [2.24, 2.45) is 0 Å². The molecule has 2 aromatic rings. The quantitative estimate of drug-likeness (QED) is 0.908. The summed E-state index contributed by atoms with van der Waals surface area (Å²) in [6.45, 7) is -0.378. The van der Waals surface area contributed by atoms with Crippen LogP contribution in [0.4, 0.5) is 13.2 Å². The smallest absolute Gasteiger partial charge is 0.417 e. The number of piperidine rings is 1. The third-order valence-corrected chi connectivity index (χ3v) is 4.79. The number of halogens is 3. The first-order valence-electron chi connectivity index (χ1n) is 6.87. The van der Waals surface area contributed by atoms with Gasteiger partial charge in [-0.15, -0.1) is 11.3 Å². The summed E-state index contributed by atoms with van der Waals surface area (Å²) in [5.41, 5.74) is -2.66. The van der Waals surface area contributed by atoms with Gasteiger partial charge in [-0.05, 0) is 11.4 Å². The summed E-state index contributed by atoms with van der Waals surface area (Å²) in [4.78, 5) is 18.4. The van der Waals surface area contributed by atoms with Crippen molar-refractivity contribution in [1.82, 2.24) is 9.88 Å². The van der Waals surface area contributed by atoms with Crippen LogP contribution in [0.3, 0.4) is 0 Å². The summed E-state index contributed by atoms with van der Waals surface area (Å²) >= 11 is 1.37. The molecule has 1 fully saturated rings. The Morgan fingerprint density at radius 1 is 1.39 bits per heavy atom. The molecule has 0 radical (unpaired) electrons. The van der Waals surface area contributed by atoms with E-state index in [1.807, 2.05) is 5.38 Å². The van der Waals surface area contributed by atoms with E-state index in [1.165, 1.54) is 16.2 Å². The number of aliphatic hydroxyl groups is 1. The van der Waals surface area contributed by atoms with Gasteiger partial charge in [-0.25, -0.2) is 4.98 Å². The van der Waals surface area contributed by atoms with Crippen LogP contribution in [0.25, 0.3) is 10.6 Å². The highest BCUT2D eigenvalue weighted by molar-refractivity contribution is 7.13. The fourth-order valence-electron chi connectivity index (χ4n) is 2.49. The lowest BCUT2D eigenvalue weighted by Gasteiger charge is -2.38. The average Bonchev–Trinajstić information content (AvgIpc) is 3.17. The van der Waals surface area contributed by atoms with E-state index < -0.39 is 30.5 Å². The Bertz CT molecular complexity index is 688. The van der Waals surface area contributed by atoms with Crippen LogP contribution in [0, 0.1) is 0 Å². The molecule has 0 spiro atoms. The minimum atomic E-state index is -4.70. The van der Waals surface area contributed by atoms with E-state index in [9.17, 15) is 23.1 Å². The molecule has 124 valence electrons. The van der Waals surface area contributed by atoms with E-state index in [0.29, 0.717) is 5.76 Å². The van der Waals surface area contributed by atoms with Gasteiger partial charge < -0.3 is 14.4 Å². The zero-order valence-corrected chi connectivity index (χ0v) is 12.7. The molecule has 1 aliphatic rings. The molecule has 1 aliphatic heterocycles. The molecular formula is C14H13F3N2O3S. The first kappa shape index (κ1) is 16.0.